The maximum atomic E-state index is 11.7. The second-order valence-corrected chi connectivity index (χ2v) is 5.48. The van der Waals surface area contributed by atoms with Crippen LogP contribution in [0.15, 0.2) is 29.2 Å². The monoisotopic (exact) mass is 280 g/mol. The Morgan fingerprint density at radius 2 is 1.95 bits per heavy atom. The highest BCUT2D eigenvalue weighted by molar-refractivity contribution is 7.98. The van der Waals surface area contributed by atoms with Crippen molar-refractivity contribution in [1.29, 1.82) is 0 Å². The maximum absolute atomic E-state index is 11.7. The van der Waals surface area contributed by atoms with Crippen molar-refractivity contribution >= 4 is 17.8 Å². The highest BCUT2D eigenvalue weighted by Crippen LogP contribution is 2.18. The zero-order valence-corrected chi connectivity index (χ0v) is 12.8. The summed E-state index contributed by atoms with van der Waals surface area (Å²) in [4.78, 5) is 12.9. The lowest BCUT2D eigenvalue weighted by Crippen LogP contribution is -2.37. The largest absolute Gasteiger partial charge is 0.338 e. The van der Waals surface area contributed by atoms with Crippen LogP contribution in [0.25, 0.3) is 0 Å². The lowest BCUT2D eigenvalue weighted by atomic mass is 10.1. The predicted octanol–water partition coefficient (Wildman–Crippen LogP) is 3.96. The molecule has 0 bridgehead atoms. The second-order valence-electron chi connectivity index (χ2n) is 4.60. The number of hydrogen-bond donors (Lipinski definition) is 2. The molecule has 4 heteroatoms. The van der Waals surface area contributed by atoms with Gasteiger partial charge in [-0.2, -0.15) is 0 Å². The van der Waals surface area contributed by atoms with Crippen LogP contribution in [0, 0.1) is 0 Å². The van der Waals surface area contributed by atoms with E-state index >= 15 is 0 Å². The molecule has 2 N–H and O–H groups in total. The first-order valence-electron chi connectivity index (χ1n) is 6.85. The molecule has 0 aliphatic heterocycles. The van der Waals surface area contributed by atoms with E-state index in [2.05, 4.69) is 48.1 Å². The normalized spacial score (nSPS) is 11.9. The van der Waals surface area contributed by atoms with Gasteiger partial charge in [-0.05, 0) is 37.3 Å². The van der Waals surface area contributed by atoms with Crippen LogP contribution >= 0.6 is 11.8 Å². The van der Waals surface area contributed by atoms with Crippen molar-refractivity contribution in [1.82, 2.24) is 10.6 Å². The van der Waals surface area contributed by atoms with Crippen molar-refractivity contribution in [3.63, 3.8) is 0 Å². The highest BCUT2D eigenvalue weighted by atomic mass is 32.2. The summed E-state index contributed by atoms with van der Waals surface area (Å²) in [5.74, 6) is 0. The molecule has 2 amide bonds. The van der Waals surface area contributed by atoms with Crippen molar-refractivity contribution in [3.05, 3.63) is 29.8 Å². The Balaban J connectivity index is 2.36. The lowest BCUT2D eigenvalue weighted by Gasteiger charge is -2.15. The average Bonchev–Trinajstić information content (AvgIpc) is 2.43. The molecule has 1 atom stereocenters. The molecule has 0 radical (unpaired) electrons. The van der Waals surface area contributed by atoms with E-state index in [1.807, 2.05) is 6.92 Å². The van der Waals surface area contributed by atoms with Gasteiger partial charge in [-0.25, -0.2) is 4.79 Å². The number of urea groups is 1. The van der Waals surface area contributed by atoms with Crippen molar-refractivity contribution in [2.75, 3.05) is 12.8 Å². The molecule has 0 aliphatic carbocycles. The smallest absolute Gasteiger partial charge is 0.315 e. The molecule has 0 fully saturated rings. The van der Waals surface area contributed by atoms with E-state index in [0.717, 1.165) is 24.9 Å². The van der Waals surface area contributed by atoms with Gasteiger partial charge in [0.1, 0.15) is 0 Å². The summed E-state index contributed by atoms with van der Waals surface area (Å²) in [6.07, 6.45) is 5.43. The molecule has 0 aromatic heterocycles. The van der Waals surface area contributed by atoms with E-state index in [1.54, 1.807) is 11.8 Å². The molecule has 0 spiro atoms. The fourth-order valence-corrected chi connectivity index (χ4v) is 2.21. The molecule has 0 saturated heterocycles. The molecule has 106 valence electrons. The summed E-state index contributed by atoms with van der Waals surface area (Å²) in [6, 6.07) is 8.23. The van der Waals surface area contributed by atoms with Crippen LogP contribution in [0.1, 0.15) is 44.7 Å². The van der Waals surface area contributed by atoms with E-state index in [0.29, 0.717) is 0 Å². The third-order valence-electron chi connectivity index (χ3n) is 3.03. The van der Waals surface area contributed by atoms with E-state index < -0.39 is 0 Å². The number of rotatable bonds is 7. The minimum Gasteiger partial charge on any atom is -0.338 e. The quantitative estimate of drug-likeness (QED) is 0.586. The van der Waals surface area contributed by atoms with Crippen LogP contribution < -0.4 is 10.6 Å². The number of carbonyl (C=O) groups is 1. The highest BCUT2D eigenvalue weighted by Gasteiger charge is 2.08. The molecule has 0 heterocycles. The van der Waals surface area contributed by atoms with Crippen LogP contribution in [0.4, 0.5) is 4.79 Å². The molecule has 1 rings (SSSR count). The lowest BCUT2D eigenvalue weighted by molar-refractivity contribution is 0.237. The van der Waals surface area contributed by atoms with E-state index in [4.69, 9.17) is 0 Å². The predicted molar refractivity (Wildman–Crippen MR) is 82.7 cm³/mol. The molecule has 0 aliphatic rings. The van der Waals surface area contributed by atoms with Gasteiger partial charge in [0.2, 0.25) is 0 Å². The van der Waals surface area contributed by atoms with Gasteiger partial charge in [0.25, 0.3) is 0 Å². The zero-order valence-electron chi connectivity index (χ0n) is 12.0. The molecule has 0 unspecified atom stereocenters. The van der Waals surface area contributed by atoms with Gasteiger partial charge >= 0.3 is 6.03 Å². The minimum absolute atomic E-state index is 0.0297. The minimum atomic E-state index is -0.0856. The molecule has 1 aromatic carbocycles. The first kappa shape index (κ1) is 15.9. The summed E-state index contributed by atoms with van der Waals surface area (Å²) in [5, 5.41) is 5.84. The number of amides is 2. The van der Waals surface area contributed by atoms with Crippen molar-refractivity contribution in [2.45, 2.75) is 44.0 Å². The van der Waals surface area contributed by atoms with Crippen LogP contribution in [0.5, 0.6) is 0 Å². The molecule has 1 aromatic rings. The second kappa shape index (κ2) is 8.86. The number of carbonyl (C=O) groups excluding carboxylic acids is 1. The van der Waals surface area contributed by atoms with E-state index in [9.17, 15) is 4.79 Å². The van der Waals surface area contributed by atoms with Gasteiger partial charge in [-0.1, -0.05) is 31.9 Å². The van der Waals surface area contributed by atoms with Crippen molar-refractivity contribution in [2.24, 2.45) is 0 Å². The van der Waals surface area contributed by atoms with Gasteiger partial charge < -0.3 is 10.6 Å². The van der Waals surface area contributed by atoms with Gasteiger partial charge in [-0.3, -0.25) is 0 Å². The Labute approximate surface area is 120 Å². The number of hydrogen-bond acceptors (Lipinski definition) is 2. The molecular weight excluding hydrogens is 256 g/mol. The number of nitrogens with one attached hydrogen (secondary N) is 2. The molecular formula is C15H24N2OS. The first-order chi connectivity index (χ1) is 9.17. The first-order valence-corrected chi connectivity index (χ1v) is 8.08. The van der Waals surface area contributed by atoms with Gasteiger partial charge in [-0.15, -0.1) is 11.8 Å². The number of benzene rings is 1. The third kappa shape index (κ3) is 6.01. The third-order valence-corrected chi connectivity index (χ3v) is 3.77. The SMILES string of the molecule is CCCCCNC(=O)N[C@@H](C)c1ccc(SC)cc1. The summed E-state index contributed by atoms with van der Waals surface area (Å²) in [6.45, 7) is 4.90. The van der Waals surface area contributed by atoms with Gasteiger partial charge in [0.05, 0.1) is 6.04 Å². The molecule has 0 saturated carbocycles. The fraction of sp³-hybridized carbons (Fsp3) is 0.533. The summed E-state index contributed by atoms with van der Waals surface area (Å²) >= 11 is 1.72. The molecule has 3 nitrogen and oxygen atoms in total. The fourth-order valence-electron chi connectivity index (χ4n) is 1.80. The molecule has 19 heavy (non-hydrogen) atoms. The van der Waals surface area contributed by atoms with Crippen LogP contribution in [-0.2, 0) is 0 Å². The van der Waals surface area contributed by atoms with Crippen LogP contribution in [0.3, 0.4) is 0 Å². The topological polar surface area (TPSA) is 41.1 Å². The van der Waals surface area contributed by atoms with Gasteiger partial charge in [0.15, 0.2) is 0 Å². The Kier molecular flexibility index (Phi) is 7.41. The summed E-state index contributed by atoms with van der Waals surface area (Å²) in [5.41, 5.74) is 1.13. The van der Waals surface area contributed by atoms with Gasteiger partial charge in [0, 0.05) is 11.4 Å². The summed E-state index contributed by atoms with van der Waals surface area (Å²) in [7, 11) is 0. The zero-order chi connectivity index (χ0) is 14.1. The average molecular weight is 280 g/mol. The Bertz CT molecular complexity index is 378. The van der Waals surface area contributed by atoms with Crippen molar-refractivity contribution < 1.29 is 4.79 Å². The Morgan fingerprint density at radius 1 is 1.26 bits per heavy atom. The Morgan fingerprint density at radius 3 is 2.53 bits per heavy atom. The van der Waals surface area contributed by atoms with E-state index in [-0.39, 0.29) is 12.1 Å². The number of thioether (sulfide) groups is 1. The Hall–Kier alpha value is -1.16. The van der Waals surface area contributed by atoms with Crippen LogP contribution in [-0.4, -0.2) is 18.8 Å². The number of unbranched alkanes of at least 4 members (excludes halogenated alkanes) is 2. The van der Waals surface area contributed by atoms with E-state index in [1.165, 1.54) is 11.3 Å². The maximum Gasteiger partial charge on any atom is 0.315 e. The standard InChI is InChI=1S/C15H24N2OS/c1-4-5-6-11-16-15(18)17-12(2)13-7-9-14(19-3)10-8-13/h7-10,12H,4-6,11H2,1-3H3,(H2,16,17,18)/t12-/m0/s1. The van der Waals surface area contributed by atoms with Crippen LogP contribution in [0.2, 0.25) is 0 Å². The van der Waals surface area contributed by atoms with Crippen molar-refractivity contribution in [3.8, 4) is 0 Å². The summed E-state index contributed by atoms with van der Waals surface area (Å²) < 4.78 is 0.